The highest BCUT2D eigenvalue weighted by Crippen LogP contribution is 2.22. The number of ether oxygens (including phenoxy) is 1. The maximum Gasteiger partial charge on any atom is 0.0589 e. The Morgan fingerprint density at radius 3 is 2.74 bits per heavy atom. The zero-order chi connectivity index (χ0) is 14.1. The van der Waals surface area contributed by atoms with Crippen molar-refractivity contribution in [3.63, 3.8) is 0 Å². The van der Waals surface area contributed by atoms with Crippen LogP contribution in [0.3, 0.4) is 0 Å². The number of methoxy groups -OCH3 is 1. The molecular weight excluding hydrogens is 236 g/mol. The summed E-state index contributed by atoms with van der Waals surface area (Å²) in [5, 5.41) is 3.24. The zero-order valence-electron chi connectivity index (χ0n) is 12.6. The molecule has 0 bridgehead atoms. The van der Waals surface area contributed by atoms with Gasteiger partial charge < -0.3 is 10.1 Å². The summed E-state index contributed by atoms with van der Waals surface area (Å²) in [6, 6.07) is 8.40. The van der Waals surface area contributed by atoms with Gasteiger partial charge in [0.05, 0.1) is 6.61 Å². The van der Waals surface area contributed by atoms with Gasteiger partial charge in [-0.2, -0.15) is 0 Å². The Balaban J connectivity index is 2.70. The average molecular weight is 262 g/mol. The van der Waals surface area contributed by atoms with Crippen molar-refractivity contribution in [2.45, 2.75) is 13.8 Å². The third kappa shape index (κ3) is 5.05. The van der Waals surface area contributed by atoms with Gasteiger partial charge in [-0.05, 0) is 25.1 Å². The van der Waals surface area contributed by atoms with E-state index in [1.165, 1.54) is 16.8 Å². The second-order valence-electron chi connectivity index (χ2n) is 4.57. The van der Waals surface area contributed by atoms with Crippen LogP contribution < -0.4 is 5.32 Å². The van der Waals surface area contributed by atoms with Crippen LogP contribution in [-0.4, -0.2) is 45.3 Å². The Hall–Kier alpha value is -1.32. The molecule has 1 aromatic carbocycles. The van der Waals surface area contributed by atoms with Gasteiger partial charge in [0.1, 0.15) is 0 Å². The smallest absolute Gasteiger partial charge is 0.0589 e. The number of hydrogen-bond acceptors (Lipinski definition) is 3. The minimum Gasteiger partial charge on any atom is -0.388 e. The molecular formula is C16H26N2O. The molecule has 0 heterocycles. The van der Waals surface area contributed by atoms with Gasteiger partial charge in [0, 0.05) is 38.5 Å². The molecule has 0 saturated heterocycles. The van der Waals surface area contributed by atoms with Gasteiger partial charge >= 0.3 is 0 Å². The predicted molar refractivity (Wildman–Crippen MR) is 83.6 cm³/mol. The molecule has 0 unspecified atom stereocenters. The minimum atomic E-state index is 0.786. The lowest BCUT2D eigenvalue weighted by molar-refractivity contribution is 0.157. The van der Waals surface area contributed by atoms with Gasteiger partial charge in [0.25, 0.3) is 0 Å². The highest BCUT2D eigenvalue weighted by atomic mass is 16.5. The number of rotatable bonds is 8. The highest BCUT2D eigenvalue weighted by molar-refractivity contribution is 5.75. The molecule has 3 nitrogen and oxygen atoms in total. The second-order valence-corrected chi connectivity index (χ2v) is 4.57. The standard InChI is InChI=1S/C16H26N2O/c1-5-18(12-13-19-4)11-10-14(2)15-8-6-7-9-16(15)17-3/h6-10,17H,5,11-13H2,1-4H3/b14-10+. The Morgan fingerprint density at radius 1 is 1.37 bits per heavy atom. The van der Waals surface area contributed by atoms with E-state index in [-0.39, 0.29) is 0 Å². The van der Waals surface area contributed by atoms with Crippen LogP contribution in [0.5, 0.6) is 0 Å². The van der Waals surface area contributed by atoms with Crippen LogP contribution in [0.15, 0.2) is 30.3 Å². The minimum absolute atomic E-state index is 0.786. The van der Waals surface area contributed by atoms with Gasteiger partial charge in [-0.1, -0.05) is 31.2 Å². The molecule has 0 spiro atoms. The summed E-state index contributed by atoms with van der Waals surface area (Å²) in [5.74, 6) is 0. The van der Waals surface area contributed by atoms with E-state index in [1.54, 1.807) is 7.11 Å². The third-order valence-electron chi connectivity index (χ3n) is 3.34. The molecule has 19 heavy (non-hydrogen) atoms. The van der Waals surface area contributed by atoms with Crippen LogP contribution in [-0.2, 0) is 4.74 Å². The Kier molecular flexibility index (Phi) is 7.23. The van der Waals surface area contributed by atoms with Crippen molar-refractivity contribution < 1.29 is 4.74 Å². The SMILES string of the molecule is CCN(C/C=C(\C)c1ccccc1NC)CCOC. The maximum atomic E-state index is 5.13. The van der Waals surface area contributed by atoms with Gasteiger partial charge in [0.2, 0.25) is 0 Å². The molecule has 1 N–H and O–H groups in total. The van der Waals surface area contributed by atoms with Crippen molar-refractivity contribution in [2.24, 2.45) is 0 Å². The fraction of sp³-hybridized carbons (Fsp3) is 0.500. The summed E-state index contributed by atoms with van der Waals surface area (Å²) in [6.45, 7) is 8.11. The van der Waals surface area contributed by atoms with Crippen LogP contribution in [0.4, 0.5) is 5.69 Å². The number of para-hydroxylation sites is 1. The van der Waals surface area contributed by atoms with Crippen LogP contribution in [0.2, 0.25) is 0 Å². The first-order valence-electron chi connectivity index (χ1n) is 6.88. The molecule has 3 heteroatoms. The quantitative estimate of drug-likeness (QED) is 0.779. The van der Waals surface area contributed by atoms with Crippen LogP contribution in [0, 0.1) is 0 Å². The van der Waals surface area contributed by atoms with Gasteiger partial charge in [0.15, 0.2) is 0 Å². The number of nitrogens with zero attached hydrogens (tertiary/aromatic N) is 1. The first-order valence-corrected chi connectivity index (χ1v) is 6.88. The van der Waals surface area contributed by atoms with Gasteiger partial charge in [-0.25, -0.2) is 0 Å². The molecule has 0 radical (unpaired) electrons. The van der Waals surface area contributed by atoms with Crippen molar-refractivity contribution in [2.75, 3.05) is 45.7 Å². The van der Waals surface area contributed by atoms with E-state index < -0.39 is 0 Å². The average Bonchev–Trinajstić information content (AvgIpc) is 2.47. The molecule has 0 aliphatic heterocycles. The first kappa shape index (κ1) is 15.7. The number of benzene rings is 1. The lowest BCUT2D eigenvalue weighted by atomic mass is 10.0. The zero-order valence-corrected chi connectivity index (χ0v) is 12.6. The summed E-state index contributed by atoms with van der Waals surface area (Å²) in [5.41, 5.74) is 3.75. The highest BCUT2D eigenvalue weighted by Gasteiger charge is 2.03. The molecule has 1 aromatic rings. The fourth-order valence-electron chi connectivity index (χ4n) is 2.02. The summed E-state index contributed by atoms with van der Waals surface area (Å²) in [4.78, 5) is 2.37. The Labute approximate surface area is 117 Å². The number of likely N-dealkylation sites (N-methyl/N-ethyl adjacent to an activating group) is 1. The van der Waals surface area contributed by atoms with Crippen LogP contribution in [0.25, 0.3) is 5.57 Å². The van der Waals surface area contributed by atoms with Gasteiger partial charge in [-0.3, -0.25) is 4.90 Å². The molecule has 0 fully saturated rings. The number of anilines is 1. The largest absolute Gasteiger partial charge is 0.388 e. The Morgan fingerprint density at radius 2 is 2.11 bits per heavy atom. The van der Waals surface area contributed by atoms with Crippen molar-refractivity contribution in [1.82, 2.24) is 4.90 Å². The van der Waals surface area contributed by atoms with E-state index >= 15 is 0 Å². The molecule has 0 aliphatic rings. The Bertz CT molecular complexity index is 401. The van der Waals surface area contributed by atoms with Crippen molar-refractivity contribution in [3.8, 4) is 0 Å². The van der Waals surface area contributed by atoms with E-state index in [4.69, 9.17) is 4.74 Å². The summed E-state index contributed by atoms with van der Waals surface area (Å²) in [6.07, 6.45) is 2.29. The lowest BCUT2D eigenvalue weighted by Gasteiger charge is -2.18. The number of hydrogen-bond donors (Lipinski definition) is 1. The van der Waals surface area contributed by atoms with E-state index in [2.05, 4.69) is 54.4 Å². The molecule has 106 valence electrons. The van der Waals surface area contributed by atoms with E-state index in [9.17, 15) is 0 Å². The normalized spacial score (nSPS) is 11.9. The van der Waals surface area contributed by atoms with Crippen LogP contribution >= 0.6 is 0 Å². The molecule has 0 atom stereocenters. The monoisotopic (exact) mass is 262 g/mol. The molecule has 0 aliphatic carbocycles. The molecule has 0 saturated carbocycles. The summed E-state index contributed by atoms with van der Waals surface area (Å²) < 4.78 is 5.13. The summed E-state index contributed by atoms with van der Waals surface area (Å²) >= 11 is 0. The molecule has 1 rings (SSSR count). The first-order chi connectivity index (χ1) is 9.22. The number of nitrogens with one attached hydrogen (secondary N) is 1. The fourth-order valence-corrected chi connectivity index (χ4v) is 2.02. The van der Waals surface area contributed by atoms with Crippen molar-refractivity contribution in [1.29, 1.82) is 0 Å². The van der Waals surface area contributed by atoms with Gasteiger partial charge in [-0.15, -0.1) is 0 Å². The molecule has 0 amide bonds. The topological polar surface area (TPSA) is 24.5 Å². The number of allylic oxidation sites excluding steroid dienone is 1. The van der Waals surface area contributed by atoms with Crippen LogP contribution in [0.1, 0.15) is 19.4 Å². The van der Waals surface area contributed by atoms with E-state index in [0.29, 0.717) is 0 Å². The summed E-state index contributed by atoms with van der Waals surface area (Å²) in [7, 11) is 3.71. The van der Waals surface area contributed by atoms with Crippen molar-refractivity contribution >= 4 is 11.3 Å². The lowest BCUT2D eigenvalue weighted by Crippen LogP contribution is -2.27. The molecule has 0 aromatic heterocycles. The third-order valence-corrected chi connectivity index (χ3v) is 3.34. The van der Waals surface area contributed by atoms with Crippen molar-refractivity contribution in [3.05, 3.63) is 35.9 Å². The second kappa shape index (κ2) is 8.73. The predicted octanol–water partition coefficient (Wildman–Crippen LogP) is 3.10. The van der Waals surface area contributed by atoms with E-state index in [0.717, 1.165) is 26.2 Å². The van der Waals surface area contributed by atoms with E-state index in [1.807, 2.05) is 7.05 Å². The maximum absolute atomic E-state index is 5.13.